The predicted octanol–water partition coefficient (Wildman–Crippen LogP) is 1.48. The Morgan fingerprint density at radius 2 is 1.77 bits per heavy atom. The summed E-state index contributed by atoms with van der Waals surface area (Å²) in [6.45, 7) is 4.89. The van der Waals surface area contributed by atoms with E-state index in [1.165, 1.54) is 6.92 Å². The first-order valence-electron chi connectivity index (χ1n) is 3.94. The van der Waals surface area contributed by atoms with Crippen molar-refractivity contribution >= 4 is 18.7 Å². The average Bonchev–Trinajstić information content (AvgIpc) is 2.03. The lowest BCUT2D eigenvalue weighted by atomic mass is 10.9. The smallest absolute Gasteiger partial charge is 0.344 e. The van der Waals surface area contributed by atoms with E-state index in [2.05, 4.69) is 0 Å². The highest BCUT2D eigenvalue weighted by Crippen LogP contribution is 2.53. The first-order valence-corrected chi connectivity index (χ1v) is 6.69. The SMILES string of the molecule is CCOP(=O)(OCC)C(C)S(=O)[O-]. The third-order valence-electron chi connectivity index (χ3n) is 1.34. The molecule has 0 aromatic heterocycles. The quantitative estimate of drug-likeness (QED) is 0.509. The van der Waals surface area contributed by atoms with Gasteiger partial charge in [0.2, 0.25) is 0 Å². The van der Waals surface area contributed by atoms with Gasteiger partial charge in [0, 0.05) is 0 Å². The van der Waals surface area contributed by atoms with Gasteiger partial charge in [0.25, 0.3) is 0 Å². The average molecular weight is 229 g/mol. The molecule has 0 N–H and O–H groups in total. The zero-order chi connectivity index (χ0) is 10.5. The Balaban J connectivity index is 4.57. The third kappa shape index (κ3) is 3.87. The molecule has 0 bridgehead atoms. The largest absolute Gasteiger partial charge is 0.772 e. The molecule has 5 nitrogen and oxygen atoms in total. The highest BCUT2D eigenvalue weighted by molar-refractivity contribution is 7.88. The Morgan fingerprint density at radius 1 is 1.38 bits per heavy atom. The molecule has 0 aromatic rings. The fraction of sp³-hybridized carbons (Fsp3) is 1.00. The molecule has 7 heteroatoms. The van der Waals surface area contributed by atoms with Gasteiger partial charge in [-0.1, -0.05) is 0 Å². The van der Waals surface area contributed by atoms with Crippen molar-refractivity contribution in [3.8, 4) is 0 Å². The monoisotopic (exact) mass is 229 g/mol. The summed E-state index contributed by atoms with van der Waals surface area (Å²) < 4.78 is 42.5. The zero-order valence-electron chi connectivity index (χ0n) is 7.89. The van der Waals surface area contributed by atoms with Crippen LogP contribution in [-0.2, 0) is 24.7 Å². The van der Waals surface area contributed by atoms with E-state index in [4.69, 9.17) is 9.05 Å². The van der Waals surface area contributed by atoms with Crippen molar-refractivity contribution in [3.05, 3.63) is 0 Å². The molecule has 0 saturated carbocycles. The van der Waals surface area contributed by atoms with Gasteiger partial charge in [-0.25, -0.2) is 0 Å². The van der Waals surface area contributed by atoms with Gasteiger partial charge in [0.1, 0.15) is 4.99 Å². The van der Waals surface area contributed by atoms with Crippen LogP contribution in [0.5, 0.6) is 0 Å². The lowest BCUT2D eigenvalue weighted by Gasteiger charge is -2.24. The van der Waals surface area contributed by atoms with Crippen molar-refractivity contribution in [2.45, 2.75) is 25.8 Å². The molecule has 0 saturated heterocycles. The molecule has 0 aliphatic rings. The topological polar surface area (TPSA) is 75.7 Å². The molecule has 0 amide bonds. The standard InChI is InChI=1S/C6H15O5PS/c1-4-10-12(7,11-5-2)6(3)13(8)9/h6H,4-5H2,1-3H3,(H,8,9)/p-1. The van der Waals surface area contributed by atoms with Gasteiger partial charge < -0.3 is 13.6 Å². The van der Waals surface area contributed by atoms with Crippen molar-refractivity contribution in [2.24, 2.45) is 0 Å². The second-order valence-electron chi connectivity index (χ2n) is 2.24. The Bertz CT molecular complexity index is 209. The number of rotatable bonds is 6. The number of hydrogen-bond acceptors (Lipinski definition) is 5. The van der Waals surface area contributed by atoms with Crippen LogP contribution in [0.15, 0.2) is 0 Å². The number of hydrogen-bond donors (Lipinski definition) is 0. The summed E-state index contributed by atoms with van der Waals surface area (Å²) in [5.74, 6) is 0. The molecule has 0 rings (SSSR count). The summed E-state index contributed by atoms with van der Waals surface area (Å²) in [6.07, 6.45) is 0. The molecule has 80 valence electrons. The minimum absolute atomic E-state index is 0.165. The summed E-state index contributed by atoms with van der Waals surface area (Å²) in [4.78, 5) is -1.12. The van der Waals surface area contributed by atoms with Crippen molar-refractivity contribution < 1.29 is 22.4 Å². The maximum atomic E-state index is 11.7. The van der Waals surface area contributed by atoms with Gasteiger partial charge >= 0.3 is 7.60 Å². The van der Waals surface area contributed by atoms with E-state index in [0.717, 1.165) is 0 Å². The molecule has 2 unspecified atom stereocenters. The van der Waals surface area contributed by atoms with Gasteiger partial charge in [-0.3, -0.25) is 8.77 Å². The fourth-order valence-electron chi connectivity index (χ4n) is 0.712. The normalized spacial score (nSPS) is 16.9. The first-order chi connectivity index (χ1) is 5.98. The van der Waals surface area contributed by atoms with Crippen molar-refractivity contribution in [2.75, 3.05) is 13.2 Å². The lowest BCUT2D eigenvalue weighted by molar-refractivity contribution is 0.218. The van der Waals surface area contributed by atoms with E-state index in [0.29, 0.717) is 0 Å². The molecule has 0 radical (unpaired) electrons. The second-order valence-corrected chi connectivity index (χ2v) is 6.18. The summed E-state index contributed by atoms with van der Waals surface area (Å²) in [5.41, 5.74) is 0. The van der Waals surface area contributed by atoms with E-state index in [1.807, 2.05) is 0 Å². The predicted molar refractivity (Wildman–Crippen MR) is 49.2 cm³/mol. The van der Waals surface area contributed by atoms with Crippen molar-refractivity contribution in [3.63, 3.8) is 0 Å². The maximum absolute atomic E-state index is 11.7. The van der Waals surface area contributed by atoms with Crippen LogP contribution in [0.3, 0.4) is 0 Å². The van der Waals surface area contributed by atoms with Gasteiger partial charge in [-0.05, 0) is 31.9 Å². The molecule has 0 fully saturated rings. The van der Waals surface area contributed by atoms with Crippen molar-refractivity contribution in [1.29, 1.82) is 0 Å². The molecule has 0 aromatic carbocycles. The Kier molecular flexibility index (Phi) is 6.00. The molecule has 0 heterocycles. The van der Waals surface area contributed by atoms with Gasteiger partial charge in [-0.2, -0.15) is 0 Å². The summed E-state index contributed by atoms with van der Waals surface area (Å²) in [6, 6.07) is 0. The van der Waals surface area contributed by atoms with Crippen LogP contribution >= 0.6 is 7.60 Å². The van der Waals surface area contributed by atoms with Crippen LogP contribution in [0.25, 0.3) is 0 Å². The molecule has 0 aliphatic heterocycles. The summed E-state index contributed by atoms with van der Waals surface area (Å²) in [5, 5.41) is 0. The first kappa shape index (κ1) is 13.3. The summed E-state index contributed by atoms with van der Waals surface area (Å²) in [7, 11) is -3.48. The van der Waals surface area contributed by atoms with Crippen LogP contribution in [0, 0.1) is 0 Å². The van der Waals surface area contributed by atoms with Crippen LogP contribution in [0.1, 0.15) is 20.8 Å². The molecule has 0 aliphatic carbocycles. The van der Waals surface area contributed by atoms with E-state index < -0.39 is 23.7 Å². The van der Waals surface area contributed by atoms with Crippen LogP contribution < -0.4 is 0 Å². The second kappa shape index (κ2) is 5.88. The van der Waals surface area contributed by atoms with E-state index >= 15 is 0 Å². The Labute approximate surface area is 80.6 Å². The molecular weight excluding hydrogens is 215 g/mol. The fourth-order valence-corrected chi connectivity index (χ4v) is 3.14. The highest BCUT2D eigenvalue weighted by Gasteiger charge is 2.32. The van der Waals surface area contributed by atoms with Crippen molar-refractivity contribution in [1.82, 2.24) is 0 Å². The molecule has 2 atom stereocenters. The lowest BCUT2D eigenvalue weighted by Crippen LogP contribution is -2.14. The van der Waals surface area contributed by atoms with E-state index in [1.54, 1.807) is 13.8 Å². The minimum atomic E-state index is -3.48. The minimum Gasteiger partial charge on any atom is -0.772 e. The highest BCUT2D eigenvalue weighted by atomic mass is 32.2. The van der Waals surface area contributed by atoms with E-state index in [9.17, 15) is 13.3 Å². The van der Waals surface area contributed by atoms with E-state index in [-0.39, 0.29) is 13.2 Å². The van der Waals surface area contributed by atoms with Gasteiger partial charge in [0.15, 0.2) is 0 Å². The molecule has 0 spiro atoms. The third-order valence-corrected chi connectivity index (χ3v) is 5.32. The Hall–Kier alpha value is 0.260. The zero-order valence-corrected chi connectivity index (χ0v) is 9.60. The van der Waals surface area contributed by atoms with Gasteiger partial charge in [0.05, 0.1) is 13.2 Å². The maximum Gasteiger partial charge on any atom is 0.344 e. The molecular formula is C6H14O5PS-. The Morgan fingerprint density at radius 3 is 2.00 bits per heavy atom. The van der Waals surface area contributed by atoms with Crippen LogP contribution in [0.2, 0.25) is 0 Å². The van der Waals surface area contributed by atoms with Gasteiger partial charge in [-0.15, -0.1) is 0 Å². The van der Waals surface area contributed by atoms with Crippen LogP contribution in [-0.4, -0.2) is 27.0 Å². The summed E-state index contributed by atoms with van der Waals surface area (Å²) >= 11 is -2.45. The van der Waals surface area contributed by atoms with Crippen LogP contribution in [0.4, 0.5) is 0 Å². The molecule has 13 heavy (non-hydrogen) atoms.